The lowest BCUT2D eigenvalue weighted by molar-refractivity contribution is -0.138. The number of aliphatic hydroxyl groups is 1. The summed E-state index contributed by atoms with van der Waals surface area (Å²) in [4.78, 5) is 16.1. The normalized spacial score (nSPS) is 25.9. The minimum atomic E-state index is -4.47. The molecule has 8 nitrogen and oxygen atoms in total. The number of pyridine rings is 1. The SMILES string of the molecule is COc1ccc(CNC(=O)C[C@@H]2C[C@H]3O[C@H](CNCc4cnccc4C(F)(F)F)[C@@H](O)[C@H]3O2)cc1. The summed E-state index contributed by atoms with van der Waals surface area (Å²) in [6, 6.07) is 8.30. The molecule has 1 aromatic heterocycles. The van der Waals surface area contributed by atoms with Crippen molar-refractivity contribution in [3.05, 3.63) is 59.4 Å². The Morgan fingerprint density at radius 3 is 2.66 bits per heavy atom. The summed E-state index contributed by atoms with van der Waals surface area (Å²) >= 11 is 0. The van der Waals surface area contributed by atoms with E-state index in [1.807, 2.05) is 24.3 Å². The van der Waals surface area contributed by atoms with E-state index in [2.05, 4.69) is 15.6 Å². The zero-order valence-electron chi connectivity index (χ0n) is 19.1. The van der Waals surface area contributed by atoms with Crippen LogP contribution in [0.2, 0.25) is 0 Å². The van der Waals surface area contributed by atoms with E-state index in [0.29, 0.717) is 13.0 Å². The van der Waals surface area contributed by atoms with Crippen LogP contribution in [0, 0.1) is 0 Å². The molecule has 2 aliphatic rings. The van der Waals surface area contributed by atoms with Crippen LogP contribution in [0.4, 0.5) is 13.2 Å². The summed E-state index contributed by atoms with van der Waals surface area (Å²) in [6.07, 6.45) is -4.51. The van der Waals surface area contributed by atoms with Crippen molar-refractivity contribution in [2.75, 3.05) is 13.7 Å². The first-order chi connectivity index (χ1) is 16.7. The highest BCUT2D eigenvalue weighted by Crippen LogP contribution is 2.35. The first-order valence-electron chi connectivity index (χ1n) is 11.3. The molecule has 2 fully saturated rings. The second kappa shape index (κ2) is 10.9. The maximum Gasteiger partial charge on any atom is 0.416 e. The minimum Gasteiger partial charge on any atom is -0.497 e. The zero-order valence-corrected chi connectivity index (χ0v) is 19.1. The fourth-order valence-corrected chi connectivity index (χ4v) is 4.43. The lowest BCUT2D eigenvalue weighted by Gasteiger charge is -2.20. The predicted octanol–water partition coefficient (Wildman–Crippen LogP) is 2.19. The highest BCUT2D eigenvalue weighted by Gasteiger charge is 2.50. The third-order valence-corrected chi connectivity index (χ3v) is 6.21. The zero-order chi connectivity index (χ0) is 25.0. The fraction of sp³-hybridized carbons (Fsp3) is 0.500. The highest BCUT2D eigenvalue weighted by molar-refractivity contribution is 5.76. The quantitative estimate of drug-likeness (QED) is 0.490. The van der Waals surface area contributed by atoms with Crippen molar-refractivity contribution >= 4 is 5.91 Å². The van der Waals surface area contributed by atoms with Crippen LogP contribution in [0.15, 0.2) is 42.7 Å². The molecule has 0 unspecified atom stereocenters. The number of carbonyl (C=O) groups is 1. The molecule has 35 heavy (non-hydrogen) atoms. The van der Waals surface area contributed by atoms with E-state index in [0.717, 1.165) is 23.6 Å². The van der Waals surface area contributed by atoms with Crippen molar-refractivity contribution in [2.24, 2.45) is 0 Å². The van der Waals surface area contributed by atoms with Crippen molar-refractivity contribution < 1.29 is 37.3 Å². The van der Waals surface area contributed by atoms with E-state index in [9.17, 15) is 23.1 Å². The molecule has 3 heterocycles. The molecule has 11 heteroatoms. The number of aliphatic hydroxyl groups excluding tert-OH is 1. The van der Waals surface area contributed by atoms with Gasteiger partial charge in [-0.2, -0.15) is 13.2 Å². The van der Waals surface area contributed by atoms with Gasteiger partial charge in [-0.15, -0.1) is 0 Å². The molecule has 0 bridgehead atoms. The van der Waals surface area contributed by atoms with Gasteiger partial charge in [-0.25, -0.2) is 0 Å². The largest absolute Gasteiger partial charge is 0.497 e. The van der Waals surface area contributed by atoms with E-state index in [-0.39, 0.29) is 43.2 Å². The van der Waals surface area contributed by atoms with Crippen molar-refractivity contribution in [2.45, 2.75) is 62.6 Å². The summed E-state index contributed by atoms with van der Waals surface area (Å²) in [5, 5.41) is 16.3. The molecule has 190 valence electrons. The number of aromatic nitrogens is 1. The summed E-state index contributed by atoms with van der Waals surface area (Å²) in [5.41, 5.74) is 0.206. The Morgan fingerprint density at radius 1 is 1.20 bits per heavy atom. The number of fused-ring (bicyclic) bond motifs is 1. The molecule has 0 aliphatic carbocycles. The van der Waals surface area contributed by atoms with Gasteiger partial charge in [0.1, 0.15) is 18.0 Å². The molecule has 2 aromatic rings. The molecule has 5 atom stereocenters. The number of nitrogens with one attached hydrogen (secondary N) is 2. The summed E-state index contributed by atoms with van der Waals surface area (Å²) in [5.74, 6) is 0.566. The highest BCUT2D eigenvalue weighted by atomic mass is 19.4. The Morgan fingerprint density at radius 2 is 1.97 bits per heavy atom. The Balaban J connectivity index is 1.20. The van der Waals surface area contributed by atoms with Gasteiger partial charge in [-0.3, -0.25) is 9.78 Å². The number of ether oxygens (including phenoxy) is 3. The molecule has 1 amide bonds. The molecule has 0 radical (unpaired) electrons. The van der Waals surface area contributed by atoms with Gasteiger partial charge in [-0.1, -0.05) is 12.1 Å². The molecule has 3 N–H and O–H groups in total. The number of amides is 1. The van der Waals surface area contributed by atoms with E-state index in [1.165, 1.54) is 6.20 Å². The van der Waals surface area contributed by atoms with Crippen LogP contribution in [-0.2, 0) is 33.5 Å². The number of carbonyl (C=O) groups excluding carboxylic acids is 1. The number of alkyl halides is 3. The van der Waals surface area contributed by atoms with Crippen molar-refractivity contribution in [1.29, 1.82) is 0 Å². The maximum absolute atomic E-state index is 13.1. The topological polar surface area (TPSA) is 102 Å². The van der Waals surface area contributed by atoms with Crippen LogP contribution in [0.3, 0.4) is 0 Å². The number of hydrogen-bond donors (Lipinski definition) is 3. The van der Waals surface area contributed by atoms with Gasteiger partial charge < -0.3 is 30.0 Å². The first-order valence-corrected chi connectivity index (χ1v) is 11.3. The Kier molecular flexibility index (Phi) is 7.90. The van der Waals surface area contributed by atoms with Crippen LogP contribution in [0.1, 0.15) is 29.5 Å². The number of hydrogen-bond acceptors (Lipinski definition) is 7. The van der Waals surface area contributed by atoms with E-state index in [4.69, 9.17) is 14.2 Å². The van der Waals surface area contributed by atoms with Crippen LogP contribution >= 0.6 is 0 Å². The number of methoxy groups -OCH3 is 1. The second-order valence-corrected chi connectivity index (χ2v) is 8.65. The number of benzene rings is 1. The van der Waals surface area contributed by atoms with Crippen LogP contribution in [0.25, 0.3) is 0 Å². The molecule has 1 aromatic carbocycles. The van der Waals surface area contributed by atoms with Crippen LogP contribution < -0.4 is 15.4 Å². The van der Waals surface area contributed by atoms with Gasteiger partial charge >= 0.3 is 6.18 Å². The van der Waals surface area contributed by atoms with Crippen molar-refractivity contribution in [1.82, 2.24) is 15.6 Å². The fourth-order valence-electron chi connectivity index (χ4n) is 4.43. The summed E-state index contributed by atoms with van der Waals surface area (Å²) < 4.78 is 56.2. The lowest BCUT2D eigenvalue weighted by atomic mass is 10.1. The van der Waals surface area contributed by atoms with Gasteiger partial charge in [0, 0.05) is 38.4 Å². The van der Waals surface area contributed by atoms with E-state index >= 15 is 0 Å². The Bertz CT molecular complexity index is 1000. The minimum absolute atomic E-state index is 0.0182. The molecule has 2 saturated heterocycles. The van der Waals surface area contributed by atoms with Crippen LogP contribution in [-0.4, -0.2) is 60.2 Å². The standard InChI is InChI=1S/C24H28F3N3O5/c1-33-16-4-2-14(3-5-16)10-30-21(31)9-17-8-19-23(34-17)22(32)20(35-19)13-29-12-15-11-28-7-6-18(15)24(25,26)27/h2-7,11,17,19-20,22-23,29,32H,8-10,12-13H2,1H3,(H,30,31)/t17-,19+,20+,22+,23-/m0/s1. The van der Waals surface area contributed by atoms with Crippen molar-refractivity contribution in [3.8, 4) is 5.75 Å². The smallest absolute Gasteiger partial charge is 0.416 e. The van der Waals surface area contributed by atoms with E-state index < -0.39 is 30.1 Å². The average Bonchev–Trinajstić information content (AvgIpc) is 3.35. The third-order valence-electron chi connectivity index (χ3n) is 6.21. The second-order valence-electron chi connectivity index (χ2n) is 8.65. The number of rotatable bonds is 9. The molecule has 4 rings (SSSR count). The van der Waals surface area contributed by atoms with Gasteiger partial charge in [-0.05, 0) is 29.3 Å². The van der Waals surface area contributed by atoms with E-state index in [1.54, 1.807) is 7.11 Å². The van der Waals surface area contributed by atoms with Gasteiger partial charge in [0.25, 0.3) is 0 Å². The number of nitrogens with zero attached hydrogens (tertiary/aromatic N) is 1. The van der Waals surface area contributed by atoms with Gasteiger partial charge in [0.05, 0.1) is 37.4 Å². The first kappa shape index (κ1) is 25.4. The molecular formula is C24H28F3N3O5. The van der Waals surface area contributed by atoms with Crippen LogP contribution in [0.5, 0.6) is 5.75 Å². The monoisotopic (exact) mass is 495 g/mol. The molecular weight excluding hydrogens is 467 g/mol. The van der Waals surface area contributed by atoms with Gasteiger partial charge in [0.15, 0.2) is 0 Å². The maximum atomic E-state index is 13.1. The summed E-state index contributed by atoms with van der Waals surface area (Å²) in [7, 11) is 1.59. The van der Waals surface area contributed by atoms with Crippen molar-refractivity contribution in [3.63, 3.8) is 0 Å². The Labute approximate surface area is 200 Å². The lowest BCUT2D eigenvalue weighted by Crippen LogP contribution is -2.39. The summed E-state index contributed by atoms with van der Waals surface area (Å²) in [6.45, 7) is 0.460. The molecule has 0 saturated carbocycles. The molecule has 2 aliphatic heterocycles. The molecule has 0 spiro atoms. The Hall–Kier alpha value is -2.73. The third kappa shape index (κ3) is 6.29. The number of halogens is 3. The predicted molar refractivity (Wildman–Crippen MR) is 118 cm³/mol. The van der Waals surface area contributed by atoms with Gasteiger partial charge in [0.2, 0.25) is 5.91 Å². The average molecular weight is 495 g/mol.